The lowest BCUT2D eigenvalue weighted by atomic mass is 9.97. The van der Waals surface area contributed by atoms with E-state index in [1.807, 2.05) is 7.05 Å². The van der Waals surface area contributed by atoms with Gasteiger partial charge >= 0.3 is 0 Å². The van der Waals surface area contributed by atoms with Crippen LogP contribution in [0.3, 0.4) is 0 Å². The average molecular weight is 345 g/mol. The van der Waals surface area contributed by atoms with Crippen LogP contribution in [-0.2, 0) is 6.42 Å². The largest absolute Gasteiger partial charge is 0.356 e. The van der Waals surface area contributed by atoms with E-state index >= 15 is 0 Å². The Morgan fingerprint density at radius 2 is 1.84 bits per heavy atom. The molecule has 4 heteroatoms. The van der Waals surface area contributed by atoms with Gasteiger partial charge in [-0.1, -0.05) is 38.1 Å². The number of piperidine rings is 1. The van der Waals surface area contributed by atoms with Crippen molar-refractivity contribution < 1.29 is 0 Å². The molecule has 1 fully saturated rings. The molecule has 2 N–H and O–H groups in total. The number of nitrogens with zero attached hydrogens (tertiary/aromatic N) is 2. The van der Waals surface area contributed by atoms with Crippen LogP contribution >= 0.6 is 0 Å². The first-order chi connectivity index (χ1) is 12.1. The van der Waals surface area contributed by atoms with Gasteiger partial charge in [0.1, 0.15) is 0 Å². The monoisotopic (exact) mass is 344 g/mol. The Labute approximate surface area is 154 Å². The second-order valence-corrected chi connectivity index (χ2v) is 7.63. The smallest absolute Gasteiger partial charge is 0.190 e. The fraction of sp³-hybridized carbons (Fsp3) is 0.667. The highest BCUT2D eigenvalue weighted by Gasteiger charge is 2.16. The fourth-order valence-corrected chi connectivity index (χ4v) is 3.30. The molecule has 0 amide bonds. The zero-order valence-corrected chi connectivity index (χ0v) is 16.5. The molecular weight excluding hydrogens is 308 g/mol. The summed E-state index contributed by atoms with van der Waals surface area (Å²) in [5.74, 6) is 2.32. The normalized spacial score (nSPS) is 17.1. The Morgan fingerprint density at radius 1 is 1.16 bits per heavy atom. The zero-order valence-electron chi connectivity index (χ0n) is 16.5. The molecule has 25 heavy (non-hydrogen) atoms. The molecule has 0 bridgehead atoms. The molecule has 0 saturated carbocycles. The van der Waals surface area contributed by atoms with Gasteiger partial charge in [-0.25, -0.2) is 0 Å². The number of hydrogen-bond donors (Lipinski definition) is 2. The Morgan fingerprint density at radius 3 is 2.44 bits per heavy atom. The van der Waals surface area contributed by atoms with E-state index in [-0.39, 0.29) is 0 Å². The lowest BCUT2D eigenvalue weighted by Gasteiger charge is -2.29. The molecule has 4 nitrogen and oxygen atoms in total. The number of nitrogens with one attached hydrogen (secondary N) is 2. The van der Waals surface area contributed by atoms with Gasteiger partial charge in [0.15, 0.2) is 5.96 Å². The van der Waals surface area contributed by atoms with Crippen molar-refractivity contribution in [1.82, 2.24) is 15.5 Å². The summed E-state index contributed by atoms with van der Waals surface area (Å²) in [6.07, 6.45) is 4.80. The predicted octanol–water partition coefficient (Wildman–Crippen LogP) is 3.25. The molecule has 0 aromatic heterocycles. The lowest BCUT2D eigenvalue weighted by Crippen LogP contribution is -2.42. The molecule has 1 aromatic rings. The molecule has 0 spiro atoms. The molecule has 1 aromatic carbocycles. The summed E-state index contributed by atoms with van der Waals surface area (Å²) in [6, 6.07) is 9.05. The summed E-state index contributed by atoms with van der Waals surface area (Å²) in [7, 11) is 4.06. The number of benzene rings is 1. The fourth-order valence-electron chi connectivity index (χ4n) is 3.30. The van der Waals surface area contributed by atoms with Crippen LogP contribution in [0.4, 0.5) is 0 Å². The quantitative estimate of drug-likeness (QED) is 0.453. The minimum atomic E-state index is 0.606. The number of aryl methyl sites for hydroxylation is 1. The minimum absolute atomic E-state index is 0.606. The third-order valence-electron chi connectivity index (χ3n) is 5.20. The molecule has 1 saturated heterocycles. The average Bonchev–Trinajstić information content (AvgIpc) is 2.63. The first-order valence-corrected chi connectivity index (χ1v) is 9.80. The first kappa shape index (κ1) is 19.8. The van der Waals surface area contributed by atoms with Crippen LogP contribution in [0.1, 0.15) is 50.2 Å². The summed E-state index contributed by atoms with van der Waals surface area (Å²) in [6.45, 7) is 8.90. The molecule has 2 rings (SSSR count). The SMILES string of the molecule is CN=C(NCCCc1ccc(C(C)C)cc1)NCC1CCN(C)CC1. The number of rotatable bonds is 7. The van der Waals surface area contributed by atoms with E-state index in [1.54, 1.807) is 0 Å². The molecule has 1 aliphatic rings. The van der Waals surface area contributed by atoms with Gasteiger partial charge in [0.25, 0.3) is 0 Å². The number of guanidine groups is 1. The van der Waals surface area contributed by atoms with Crippen molar-refractivity contribution in [2.24, 2.45) is 10.9 Å². The highest BCUT2D eigenvalue weighted by molar-refractivity contribution is 5.79. The number of hydrogen-bond acceptors (Lipinski definition) is 2. The highest BCUT2D eigenvalue weighted by atomic mass is 15.2. The molecule has 140 valence electrons. The second-order valence-electron chi connectivity index (χ2n) is 7.63. The summed E-state index contributed by atoms with van der Waals surface area (Å²) >= 11 is 0. The topological polar surface area (TPSA) is 39.7 Å². The third kappa shape index (κ3) is 7.07. The molecule has 1 heterocycles. The molecule has 0 unspecified atom stereocenters. The summed E-state index contributed by atoms with van der Waals surface area (Å²) in [5.41, 5.74) is 2.83. The van der Waals surface area contributed by atoms with Gasteiger partial charge in [-0.3, -0.25) is 4.99 Å². The molecule has 0 aliphatic carbocycles. The van der Waals surface area contributed by atoms with Crippen LogP contribution in [0.15, 0.2) is 29.3 Å². The molecule has 1 aliphatic heterocycles. The molecule has 0 atom stereocenters. The van der Waals surface area contributed by atoms with Gasteiger partial charge in [0.05, 0.1) is 0 Å². The lowest BCUT2D eigenvalue weighted by molar-refractivity contribution is 0.220. The summed E-state index contributed by atoms with van der Waals surface area (Å²) in [4.78, 5) is 6.76. The van der Waals surface area contributed by atoms with Gasteiger partial charge in [0, 0.05) is 20.1 Å². The van der Waals surface area contributed by atoms with Crippen LogP contribution in [0.2, 0.25) is 0 Å². The van der Waals surface area contributed by atoms with E-state index in [0.29, 0.717) is 5.92 Å². The van der Waals surface area contributed by atoms with Crippen molar-refractivity contribution in [3.8, 4) is 0 Å². The Kier molecular flexibility index (Phi) is 8.26. The van der Waals surface area contributed by atoms with Crippen LogP contribution in [0.5, 0.6) is 0 Å². The maximum atomic E-state index is 4.35. The molecule has 0 radical (unpaired) electrons. The maximum Gasteiger partial charge on any atom is 0.190 e. The van der Waals surface area contributed by atoms with Gasteiger partial charge in [-0.05, 0) is 68.8 Å². The second kappa shape index (κ2) is 10.4. The van der Waals surface area contributed by atoms with E-state index < -0.39 is 0 Å². The Hall–Kier alpha value is -1.55. The molecular formula is C21H36N4. The van der Waals surface area contributed by atoms with E-state index in [2.05, 4.69) is 65.7 Å². The van der Waals surface area contributed by atoms with Crippen LogP contribution in [-0.4, -0.2) is 51.1 Å². The summed E-state index contributed by atoms with van der Waals surface area (Å²) < 4.78 is 0. The van der Waals surface area contributed by atoms with Crippen LogP contribution < -0.4 is 10.6 Å². The van der Waals surface area contributed by atoms with E-state index in [9.17, 15) is 0 Å². The van der Waals surface area contributed by atoms with Gasteiger partial charge in [-0.2, -0.15) is 0 Å². The van der Waals surface area contributed by atoms with Crippen molar-refractivity contribution >= 4 is 5.96 Å². The minimum Gasteiger partial charge on any atom is -0.356 e. The van der Waals surface area contributed by atoms with Crippen LogP contribution in [0, 0.1) is 5.92 Å². The van der Waals surface area contributed by atoms with Crippen molar-refractivity contribution in [3.05, 3.63) is 35.4 Å². The van der Waals surface area contributed by atoms with Gasteiger partial charge in [-0.15, -0.1) is 0 Å². The third-order valence-corrected chi connectivity index (χ3v) is 5.20. The highest BCUT2D eigenvalue weighted by Crippen LogP contribution is 2.15. The predicted molar refractivity (Wildman–Crippen MR) is 108 cm³/mol. The van der Waals surface area contributed by atoms with E-state index in [4.69, 9.17) is 0 Å². The number of aliphatic imine (C=N–C) groups is 1. The number of likely N-dealkylation sites (tertiary alicyclic amines) is 1. The first-order valence-electron chi connectivity index (χ1n) is 9.80. The van der Waals surface area contributed by atoms with Gasteiger partial charge in [0.2, 0.25) is 0 Å². The Bertz CT molecular complexity index is 513. The van der Waals surface area contributed by atoms with Crippen molar-refractivity contribution in [2.45, 2.75) is 45.4 Å². The van der Waals surface area contributed by atoms with E-state index in [0.717, 1.165) is 37.8 Å². The van der Waals surface area contributed by atoms with Crippen LogP contribution in [0.25, 0.3) is 0 Å². The standard InChI is InChI=1S/C21H36N4/c1-17(2)20-9-7-18(8-10-20)6-5-13-23-21(22-3)24-16-19-11-14-25(4)15-12-19/h7-10,17,19H,5-6,11-16H2,1-4H3,(H2,22,23,24). The van der Waals surface area contributed by atoms with Gasteiger partial charge < -0.3 is 15.5 Å². The van der Waals surface area contributed by atoms with Crippen molar-refractivity contribution in [2.75, 3.05) is 40.3 Å². The van der Waals surface area contributed by atoms with E-state index in [1.165, 1.54) is 37.1 Å². The summed E-state index contributed by atoms with van der Waals surface area (Å²) in [5, 5.41) is 6.94. The maximum absolute atomic E-state index is 4.35. The zero-order chi connectivity index (χ0) is 18.1. The van der Waals surface area contributed by atoms with Crippen molar-refractivity contribution in [1.29, 1.82) is 0 Å². The van der Waals surface area contributed by atoms with Crippen molar-refractivity contribution in [3.63, 3.8) is 0 Å². The Balaban J connectivity index is 1.62.